The molecule has 2 aromatic rings. The van der Waals surface area contributed by atoms with Crippen molar-refractivity contribution in [2.45, 2.75) is 128 Å². The molecule has 1 N–H and O–H groups in total. The zero-order chi connectivity index (χ0) is 43.2. The van der Waals surface area contributed by atoms with Gasteiger partial charge in [-0.1, -0.05) is 30.3 Å². The summed E-state index contributed by atoms with van der Waals surface area (Å²) >= 11 is 0. The maximum absolute atomic E-state index is 14.5. The van der Waals surface area contributed by atoms with Gasteiger partial charge in [-0.25, -0.2) is 9.59 Å². The molecule has 0 amide bonds. The topological polar surface area (TPSA) is 259 Å². The van der Waals surface area contributed by atoms with Gasteiger partial charge in [-0.05, 0) is 19.4 Å². The molecule has 21 nitrogen and oxygen atoms in total. The van der Waals surface area contributed by atoms with Crippen molar-refractivity contribution in [2.75, 3.05) is 13.2 Å². The summed E-state index contributed by atoms with van der Waals surface area (Å²) in [5.41, 5.74) is -0.930. The Kier molecular flexibility index (Phi) is 14.1. The third kappa shape index (κ3) is 11.2. The van der Waals surface area contributed by atoms with Crippen LogP contribution in [0.25, 0.3) is 0 Å². The summed E-state index contributed by atoms with van der Waals surface area (Å²) in [6.07, 6.45) is -12.5. The van der Waals surface area contributed by atoms with Crippen molar-refractivity contribution >= 4 is 35.8 Å². The second-order valence-corrected chi connectivity index (χ2v) is 14.3. The molecule has 0 aliphatic carbocycles. The van der Waals surface area contributed by atoms with Crippen LogP contribution in [0.2, 0.25) is 0 Å². The Morgan fingerprint density at radius 2 is 1.47 bits per heavy atom. The summed E-state index contributed by atoms with van der Waals surface area (Å²) in [5, 5.41) is 0. The van der Waals surface area contributed by atoms with E-state index in [2.05, 4.69) is 4.98 Å². The van der Waals surface area contributed by atoms with E-state index in [1.807, 2.05) is 0 Å². The first kappa shape index (κ1) is 44.6. The molecule has 4 heterocycles. The lowest BCUT2D eigenvalue weighted by molar-refractivity contribution is -0.336. The average molecular weight is 835 g/mol. The quantitative estimate of drug-likeness (QED) is 0.189. The van der Waals surface area contributed by atoms with Crippen molar-refractivity contribution < 1.29 is 80.9 Å². The van der Waals surface area contributed by atoms with Crippen molar-refractivity contribution in [1.29, 1.82) is 0 Å². The second kappa shape index (κ2) is 18.6. The number of esters is 6. The molecule has 0 saturated carbocycles. The Morgan fingerprint density at radius 1 is 0.814 bits per heavy atom. The Hall–Kier alpha value is -5.48. The van der Waals surface area contributed by atoms with E-state index in [1.54, 1.807) is 44.2 Å². The van der Waals surface area contributed by atoms with Gasteiger partial charge in [0, 0.05) is 46.9 Å². The maximum atomic E-state index is 14.5. The predicted molar refractivity (Wildman–Crippen MR) is 192 cm³/mol. The highest BCUT2D eigenvalue weighted by Gasteiger charge is 2.62. The minimum absolute atomic E-state index is 0.326. The van der Waals surface area contributed by atoms with Gasteiger partial charge in [0.1, 0.15) is 43.7 Å². The molecule has 59 heavy (non-hydrogen) atoms. The SMILES string of the molecule is CC(=O)OC[C@@H](OC(C)=O)[C@@H](OC(C)=O)[C@@H]1O[C@@](OC[C@H]2O[C@@H](n3ccc(=O)[nH]c3=O)[C@@H]3OC(C)(C)O[C@@H]32)(C(=O)OCc2ccccc2)C[C@H](OC(C)=O)[C@H]1OC(C)=O. The number of hydrogen-bond donors (Lipinski definition) is 1. The van der Waals surface area contributed by atoms with Crippen LogP contribution in [-0.2, 0) is 87.5 Å². The van der Waals surface area contributed by atoms with Crippen LogP contribution < -0.4 is 11.2 Å². The molecule has 3 fully saturated rings. The van der Waals surface area contributed by atoms with Crippen molar-refractivity contribution in [3.8, 4) is 0 Å². The Morgan fingerprint density at radius 3 is 2.08 bits per heavy atom. The molecule has 322 valence electrons. The van der Waals surface area contributed by atoms with Crippen molar-refractivity contribution in [3.63, 3.8) is 0 Å². The maximum Gasteiger partial charge on any atom is 0.367 e. The van der Waals surface area contributed by atoms with Gasteiger partial charge in [-0.2, -0.15) is 0 Å². The number of rotatable bonds is 15. The number of fused-ring (bicyclic) bond motifs is 1. The molecular formula is C38H46N2O19. The molecule has 0 radical (unpaired) electrons. The minimum atomic E-state index is -2.64. The number of ether oxygens (including phenoxy) is 11. The zero-order valence-corrected chi connectivity index (χ0v) is 33.3. The van der Waals surface area contributed by atoms with Crippen LogP contribution in [0.5, 0.6) is 0 Å². The molecule has 0 bridgehead atoms. The zero-order valence-electron chi connectivity index (χ0n) is 33.3. The number of carbonyl (C=O) groups excluding carboxylic acids is 6. The molecule has 3 aliphatic heterocycles. The molecule has 1 aromatic carbocycles. The smallest absolute Gasteiger partial charge is 0.367 e. The van der Waals surface area contributed by atoms with Gasteiger partial charge in [0.15, 0.2) is 30.3 Å². The molecule has 1 aromatic heterocycles. The molecule has 3 aliphatic rings. The lowest BCUT2D eigenvalue weighted by atomic mass is 9.89. The summed E-state index contributed by atoms with van der Waals surface area (Å²) in [7, 11) is 0. The van der Waals surface area contributed by atoms with Gasteiger partial charge in [0.05, 0.1) is 13.0 Å². The fourth-order valence-electron chi connectivity index (χ4n) is 6.97. The van der Waals surface area contributed by atoms with Gasteiger partial charge in [-0.15, -0.1) is 0 Å². The number of aromatic amines is 1. The number of H-pyrrole nitrogens is 1. The number of benzene rings is 1. The highest BCUT2D eigenvalue weighted by atomic mass is 16.8. The van der Waals surface area contributed by atoms with E-state index in [-0.39, 0.29) is 6.61 Å². The molecular weight excluding hydrogens is 788 g/mol. The van der Waals surface area contributed by atoms with Crippen LogP contribution in [-0.4, -0.2) is 119 Å². The number of hydrogen-bond acceptors (Lipinski definition) is 19. The summed E-state index contributed by atoms with van der Waals surface area (Å²) in [4.78, 5) is 104. The van der Waals surface area contributed by atoms with E-state index in [1.165, 1.54) is 6.20 Å². The molecule has 0 spiro atoms. The molecule has 0 unspecified atom stereocenters. The number of nitrogens with zero attached hydrogens (tertiary/aromatic N) is 1. The Bertz CT molecular complexity index is 2000. The average Bonchev–Trinajstić information content (AvgIpc) is 3.63. The standard InChI is InChI=1S/C38H46N2O19/c1-19(41)49-17-26(53-21(3)43)30(55-23(5)45)32-29(54-22(4)44)25(52-20(2)42)15-38(59-32,35(47)50-16-24-11-9-8-10-12-24)51-18-27-31-33(58-37(6,7)57-31)34(56-27)40-14-13-28(46)39-36(40)48/h8-14,25-27,29-34H,15-18H2,1-7H3,(H,39,46,48)/t25-,26+,27+,29+,30+,31+,32+,33+,34+,38+/m0/s1. The van der Waals surface area contributed by atoms with Gasteiger partial charge in [0.25, 0.3) is 11.3 Å². The lowest BCUT2D eigenvalue weighted by Gasteiger charge is -2.48. The lowest BCUT2D eigenvalue weighted by Crippen LogP contribution is -2.66. The summed E-state index contributed by atoms with van der Waals surface area (Å²) < 4.78 is 65.4. The van der Waals surface area contributed by atoms with Gasteiger partial charge in [-0.3, -0.25) is 38.3 Å². The largest absolute Gasteiger partial charge is 0.462 e. The van der Waals surface area contributed by atoms with E-state index in [0.29, 0.717) is 5.56 Å². The summed E-state index contributed by atoms with van der Waals surface area (Å²) in [6.45, 7) is 6.76. The Labute approximate surface area is 336 Å². The van der Waals surface area contributed by atoms with E-state index >= 15 is 0 Å². The number of carbonyl (C=O) groups is 6. The fourth-order valence-corrected chi connectivity index (χ4v) is 6.97. The second-order valence-electron chi connectivity index (χ2n) is 14.3. The molecule has 21 heteroatoms. The van der Waals surface area contributed by atoms with Gasteiger partial charge < -0.3 is 52.1 Å². The first-order valence-corrected chi connectivity index (χ1v) is 18.4. The van der Waals surface area contributed by atoms with Crippen molar-refractivity contribution in [1.82, 2.24) is 9.55 Å². The highest BCUT2D eigenvalue weighted by Crippen LogP contribution is 2.44. The third-order valence-electron chi connectivity index (χ3n) is 9.12. The van der Waals surface area contributed by atoms with E-state index < -0.39 is 133 Å². The minimum Gasteiger partial charge on any atom is -0.462 e. The monoisotopic (exact) mass is 834 g/mol. The third-order valence-corrected chi connectivity index (χ3v) is 9.12. The van der Waals surface area contributed by atoms with Crippen LogP contribution in [0.15, 0.2) is 52.2 Å². The summed E-state index contributed by atoms with van der Waals surface area (Å²) in [5.74, 6) is -9.61. The van der Waals surface area contributed by atoms with Gasteiger partial charge in [0.2, 0.25) is 0 Å². The van der Waals surface area contributed by atoms with E-state index in [9.17, 15) is 38.4 Å². The van der Waals surface area contributed by atoms with Crippen LogP contribution in [0.3, 0.4) is 0 Å². The van der Waals surface area contributed by atoms with Crippen molar-refractivity contribution in [3.05, 3.63) is 69.0 Å². The number of aromatic nitrogens is 2. The fraction of sp³-hybridized carbons (Fsp3) is 0.579. The van der Waals surface area contributed by atoms with Crippen LogP contribution >= 0.6 is 0 Å². The van der Waals surface area contributed by atoms with E-state index in [0.717, 1.165) is 45.3 Å². The van der Waals surface area contributed by atoms with E-state index in [4.69, 9.17) is 52.1 Å². The predicted octanol–water partition coefficient (Wildman–Crippen LogP) is 0.489. The molecule has 5 rings (SSSR count). The van der Waals surface area contributed by atoms with Crippen LogP contribution in [0.1, 0.15) is 66.7 Å². The molecule has 10 atom stereocenters. The van der Waals surface area contributed by atoms with Crippen LogP contribution in [0.4, 0.5) is 0 Å². The first-order chi connectivity index (χ1) is 27.8. The van der Waals surface area contributed by atoms with Crippen molar-refractivity contribution in [2.24, 2.45) is 0 Å². The highest BCUT2D eigenvalue weighted by molar-refractivity contribution is 5.78. The number of nitrogens with one attached hydrogen (secondary N) is 1. The van der Waals surface area contributed by atoms with Gasteiger partial charge >= 0.3 is 41.5 Å². The summed E-state index contributed by atoms with van der Waals surface area (Å²) in [6, 6.07) is 9.60. The first-order valence-electron chi connectivity index (χ1n) is 18.4. The van der Waals surface area contributed by atoms with Crippen LogP contribution in [0, 0.1) is 0 Å². The Balaban J connectivity index is 1.61. The normalized spacial score (nSPS) is 27.9. The molecule has 3 saturated heterocycles.